The Bertz CT molecular complexity index is 738. The maximum absolute atomic E-state index is 11.9. The first-order valence-corrected chi connectivity index (χ1v) is 8.42. The molecule has 3 N–H and O–H groups in total. The summed E-state index contributed by atoms with van der Waals surface area (Å²) in [6, 6.07) is 6.26. The van der Waals surface area contributed by atoms with Crippen LogP contribution in [0.25, 0.3) is 0 Å². The minimum atomic E-state index is -3.40. The summed E-state index contributed by atoms with van der Waals surface area (Å²) in [5, 5.41) is 4.67. The van der Waals surface area contributed by atoms with Gasteiger partial charge in [-0.3, -0.25) is 4.79 Å². The Morgan fingerprint density at radius 1 is 1.40 bits per heavy atom. The van der Waals surface area contributed by atoms with Crippen LogP contribution in [0, 0.1) is 0 Å². The number of carbonyl (C=O) groups excluding carboxylic acids is 1. The van der Waals surface area contributed by atoms with E-state index in [0.29, 0.717) is 10.8 Å². The second-order valence-corrected chi connectivity index (χ2v) is 7.04. The number of nitrogens with two attached hydrogens (primary N) is 1. The van der Waals surface area contributed by atoms with Gasteiger partial charge < -0.3 is 11.1 Å². The number of nitrogens with one attached hydrogen (secondary N) is 1. The lowest BCUT2D eigenvalue weighted by molar-refractivity contribution is -0.115. The van der Waals surface area contributed by atoms with Crippen molar-refractivity contribution in [1.82, 2.24) is 4.98 Å². The van der Waals surface area contributed by atoms with E-state index in [1.807, 2.05) is 0 Å². The number of benzene rings is 1. The van der Waals surface area contributed by atoms with E-state index in [-0.39, 0.29) is 22.9 Å². The number of hydrogen-bond donors (Lipinski definition) is 2. The number of anilines is 2. The second kappa shape index (κ2) is 5.59. The van der Waals surface area contributed by atoms with Crippen LogP contribution in [0.3, 0.4) is 0 Å². The Labute approximate surface area is 120 Å². The minimum absolute atomic E-state index is 0.0474. The number of aromatic nitrogens is 1. The van der Waals surface area contributed by atoms with Crippen molar-refractivity contribution in [1.29, 1.82) is 0 Å². The Balaban J connectivity index is 2.16. The molecular weight excluding hydrogens is 298 g/mol. The highest BCUT2D eigenvalue weighted by molar-refractivity contribution is 7.90. The molecule has 8 heteroatoms. The van der Waals surface area contributed by atoms with Crippen molar-refractivity contribution < 1.29 is 13.2 Å². The number of nitrogen functional groups attached to an aromatic ring is 1. The molecule has 0 fully saturated rings. The van der Waals surface area contributed by atoms with Crippen LogP contribution in [-0.2, 0) is 21.1 Å². The zero-order valence-corrected chi connectivity index (χ0v) is 12.3. The summed E-state index contributed by atoms with van der Waals surface area (Å²) < 4.78 is 23.2. The molecule has 1 amide bonds. The normalized spacial score (nSPS) is 11.2. The third kappa shape index (κ3) is 3.55. The van der Waals surface area contributed by atoms with Gasteiger partial charge in [-0.05, 0) is 12.1 Å². The molecule has 2 rings (SSSR count). The quantitative estimate of drug-likeness (QED) is 0.886. The van der Waals surface area contributed by atoms with Gasteiger partial charge in [0.1, 0.15) is 0 Å². The lowest BCUT2D eigenvalue weighted by Gasteiger charge is -2.08. The molecule has 0 bridgehead atoms. The average Bonchev–Trinajstić information content (AvgIpc) is 2.73. The molecule has 106 valence electrons. The van der Waals surface area contributed by atoms with Crippen molar-refractivity contribution in [3.63, 3.8) is 0 Å². The number of carbonyl (C=O) groups is 1. The van der Waals surface area contributed by atoms with Crippen LogP contribution in [0.5, 0.6) is 0 Å². The molecule has 0 radical (unpaired) electrons. The van der Waals surface area contributed by atoms with Gasteiger partial charge in [0.05, 0.1) is 22.7 Å². The third-order valence-electron chi connectivity index (χ3n) is 2.47. The van der Waals surface area contributed by atoms with Crippen molar-refractivity contribution >= 4 is 37.9 Å². The summed E-state index contributed by atoms with van der Waals surface area (Å²) in [5.41, 5.74) is 6.31. The van der Waals surface area contributed by atoms with E-state index in [1.54, 1.807) is 23.6 Å². The molecule has 2 aromatic rings. The molecule has 0 aliphatic heterocycles. The molecule has 0 unspecified atom stereocenters. The first-order valence-electron chi connectivity index (χ1n) is 5.65. The number of amides is 1. The summed E-state index contributed by atoms with van der Waals surface area (Å²) in [6.07, 6.45) is 1.14. The van der Waals surface area contributed by atoms with Crippen molar-refractivity contribution in [2.24, 2.45) is 0 Å². The number of thiazole rings is 1. The van der Waals surface area contributed by atoms with Gasteiger partial charge in [-0.2, -0.15) is 0 Å². The first-order chi connectivity index (χ1) is 9.36. The zero-order valence-electron chi connectivity index (χ0n) is 10.7. The molecule has 20 heavy (non-hydrogen) atoms. The van der Waals surface area contributed by atoms with E-state index < -0.39 is 9.84 Å². The van der Waals surface area contributed by atoms with Gasteiger partial charge in [-0.1, -0.05) is 12.1 Å². The molecule has 6 nitrogen and oxygen atoms in total. The fraction of sp³-hybridized carbons (Fsp3) is 0.167. The van der Waals surface area contributed by atoms with E-state index in [0.717, 1.165) is 6.26 Å². The van der Waals surface area contributed by atoms with Crippen LogP contribution >= 0.6 is 11.3 Å². The van der Waals surface area contributed by atoms with Crippen molar-refractivity contribution in [2.75, 3.05) is 17.3 Å². The Hall–Kier alpha value is -1.93. The average molecular weight is 311 g/mol. The largest absolute Gasteiger partial charge is 0.375 e. The topological polar surface area (TPSA) is 102 Å². The molecule has 0 aliphatic rings. The van der Waals surface area contributed by atoms with Crippen molar-refractivity contribution in [3.8, 4) is 0 Å². The first kappa shape index (κ1) is 14.5. The minimum Gasteiger partial charge on any atom is -0.375 e. The summed E-state index contributed by atoms with van der Waals surface area (Å²) in [7, 11) is -3.40. The van der Waals surface area contributed by atoms with Crippen LogP contribution in [0.15, 0.2) is 34.5 Å². The van der Waals surface area contributed by atoms with Gasteiger partial charge >= 0.3 is 0 Å². The smallest absolute Gasteiger partial charge is 0.230 e. The van der Waals surface area contributed by atoms with E-state index in [9.17, 15) is 13.2 Å². The maximum atomic E-state index is 11.9. The van der Waals surface area contributed by atoms with E-state index in [4.69, 9.17) is 5.73 Å². The molecule has 0 spiro atoms. The summed E-state index contributed by atoms with van der Waals surface area (Å²) >= 11 is 1.25. The third-order valence-corrected chi connectivity index (χ3v) is 4.35. The second-order valence-electron chi connectivity index (χ2n) is 4.17. The van der Waals surface area contributed by atoms with Gasteiger partial charge in [0.2, 0.25) is 5.91 Å². The number of para-hydroxylation sites is 1. The lowest BCUT2D eigenvalue weighted by Crippen LogP contribution is -2.16. The van der Waals surface area contributed by atoms with Gasteiger partial charge in [0.15, 0.2) is 15.0 Å². The summed E-state index contributed by atoms with van der Waals surface area (Å²) in [6.45, 7) is 0. The Morgan fingerprint density at radius 2 is 2.10 bits per heavy atom. The summed E-state index contributed by atoms with van der Waals surface area (Å²) in [4.78, 5) is 16.0. The van der Waals surface area contributed by atoms with Gasteiger partial charge in [-0.25, -0.2) is 13.4 Å². The van der Waals surface area contributed by atoms with Crippen molar-refractivity contribution in [2.45, 2.75) is 11.3 Å². The fourth-order valence-electron chi connectivity index (χ4n) is 1.66. The summed E-state index contributed by atoms with van der Waals surface area (Å²) in [5.74, 6) is -0.341. The number of hydrogen-bond acceptors (Lipinski definition) is 6. The highest BCUT2D eigenvalue weighted by Gasteiger charge is 2.15. The lowest BCUT2D eigenvalue weighted by atomic mass is 10.3. The van der Waals surface area contributed by atoms with Crippen LogP contribution in [0.1, 0.15) is 5.69 Å². The molecule has 1 aromatic carbocycles. The van der Waals surface area contributed by atoms with Crippen LogP contribution in [0.4, 0.5) is 10.8 Å². The Morgan fingerprint density at radius 3 is 2.70 bits per heavy atom. The molecule has 0 saturated carbocycles. The van der Waals surface area contributed by atoms with Crippen molar-refractivity contribution in [3.05, 3.63) is 35.3 Å². The van der Waals surface area contributed by atoms with E-state index in [1.165, 1.54) is 17.4 Å². The highest BCUT2D eigenvalue weighted by Crippen LogP contribution is 2.21. The van der Waals surface area contributed by atoms with Crippen LogP contribution in [0.2, 0.25) is 0 Å². The van der Waals surface area contributed by atoms with Crippen LogP contribution in [-0.4, -0.2) is 25.6 Å². The Kier molecular flexibility index (Phi) is 4.05. The van der Waals surface area contributed by atoms with Gasteiger partial charge in [0.25, 0.3) is 0 Å². The molecule has 1 heterocycles. The molecule has 0 atom stereocenters. The number of sulfone groups is 1. The SMILES string of the molecule is CS(=O)(=O)c1ccccc1NC(=O)Cc1csc(N)n1. The standard InChI is InChI=1S/C12H13N3O3S2/c1-20(17,18)10-5-3-2-4-9(10)15-11(16)6-8-7-19-12(13)14-8/h2-5,7H,6H2,1H3,(H2,13,14)(H,15,16). The maximum Gasteiger partial charge on any atom is 0.230 e. The predicted molar refractivity (Wildman–Crippen MR) is 78.4 cm³/mol. The zero-order chi connectivity index (χ0) is 14.8. The predicted octanol–water partition coefficient (Wildman–Crippen LogP) is 1.31. The van der Waals surface area contributed by atoms with E-state index >= 15 is 0 Å². The highest BCUT2D eigenvalue weighted by atomic mass is 32.2. The van der Waals surface area contributed by atoms with Crippen LogP contribution < -0.4 is 11.1 Å². The molecule has 1 aromatic heterocycles. The molecular formula is C12H13N3O3S2. The molecule has 0 aliphatic carbocycles. The van der Waals surface area contributed by atoms with E-state index in [2.05, 4.69) is 10.3 Å². The number of nitrogens with zero attached hydrogens (tertiary/aromatic N) is 1. The van der Waals surface area contributed by atoms with Gasteiger partial charge in [-0.15, -0.1) is 11.3 Å². The fourth-order valence-corrected chi connectivity index (χ4v) is 3.06. The monoisotopic (exact) mass is 311 g/mol. The van der Waals surface area contributed by atoms with Gasteiger partial charge in [0, 0.05) is 11.6 Å². The number of rotatable bonds is 4. The molecule has 0 saturated heterocycles.